The molecule has 0 unspecified atom stereocenters. The van der Waals surface area contributed by atoms with Gasteiger partial charge in [0.05, 0.1) is 6.61 Å². The van der Waals surface area contributed by atoms with Crippen LogP contribution in [0, 0.1) is 0 Å². The highest BCUT2D eigenvalue weighted by Gasteiger charge is 2.26. The number of ether oxygens (including phenoxy) is 1. The van der Waals surface area contributed by atoms with Crippen LogP contribution in [0.15, 0.2) is 39.9 Å². The molecule has 0 aliphatic carbocycles. The first kappa shape index (κ1) is 18.2. The highest BCUT2D eigenvalue weighted by Crippen LogP contribution is 2.44. The molecule has 1 aliphatic rings. The van der Waals surface area contributed by atoms with E-state index in [9.17, 15) is 8.42 Å². The van der Waals surface area contributed by atoms with E-state index < -0.39 is 10.0 Å². The van der Waals surface area contributed by atoms with Crippen LogP contribution >= 0.6 is 11.8 Å². The molecular formula is C16H22N2O3S2. The maximum absolute atomic E-state index is 12.6. The molecule has 0 fully saturated rings. The van der Waals surface area contributed by atoms with Crippen molar-refractivity contribution in [3.05, 3.63) is 45.5 Å². The SMILES string of the molecule is COCCNS(=O)(=O)C1=C(C)CCC(C)=C(c2cccnc2)S1. The summed E-state index contributed by atoms with van der Waals surface area (Å²) >= 11 is 1.31. The Kier molecular flexibility index (Phi) is 6.41. The van der Waals surface area contributed by atoms with E-state index in [-0.39, 0.29) is 6.54 Å². The molecule has 0 radical (unpaired) electrons. The Labute approximate surface area is 142 Å². The number of aromatic nitrogens is 1. The van der Waals surface area contributed by atoms with Crippen molar-refractivity contribution in [2.24, 2.45) is 0 Å². The van der Waals surface area contributed by atoms with Crippen LogP contribution in [0.3, 0.4) is 0 Å². The van der Waals surface area contributed by atoms with Gasteiger partial charge in [-0.25, -0.2) is 13.1 Å². The molecule has 1 aromatic heterocycles. The van der Waals surface area contributed by atoms with Crippen molar-refractivity contribution >= 4 is 26.7 Å². The van der Waals surface area contributed by atoms with E-state index in [0.717, 1.165) is 28.9 Å². The fourth-order valence-corrected chi connectivity index (χ4v) is 5.17. The van der Waals surface area contributed by atoms with Crippen LogP contribution in [-0.2, 0) is 14.8 Å². The molecule has 0 spiro atoms. The number of hydrogen-bond acceptors (Lipinski definition) is 5. The van der Waals surface area contributed by atoms with E-state index in [0.29, 0.717) is 10.8 Å². The molecule has 0 saturated carbocycles. The van der Waals surface area contributed by atoms with E-state index >= 15 is 0 Å². The minimum Gasteiger partial charge on any atom is -0.383 e. The second-order valence-electron chi connectivity index (χ2n) is 5.41. The summed E-state index contributed by atoms with van der Waals surface area (Å²) in [6.45, 7) is 4.55. The Bertz CT molecular complexity index is 710. The Balaban J connectivity index is 2.33. The van der Waals surface area contributed by atoms with Crippen molar-refractivity contribution in [3.8, 4) is 0 Å². The van der Waals surface area contributed by atoms with Crippen molar-refractivity contribution in [1.82, 2.24) is 9.71 Å². The molecular weight excluding hydrogens is 332 g/mol. The highest BCUT2D eigenvalue weighted by molar-refractivity contribution is 8.23. The molecule has 1 aromatic rings. The largest absolute Gasteiger partial charge is 0.383 e. The number of allylic oxidation sites excluding steroid dienone is 2. The first-order valence-electron chi connectivity index (χ1n) is 7.42. The number of methoxy groups -OCH3 is 1. The van der Waals surface area contributed by atoms with Gasteiger partial charge in [-0.1, -0.05) is 23.4 Å². The molecule has 7 heteroatoms. The van der Waals surface area contributed by atoms with Crippen LogP contribution in [0.1, 0.15) is 32.3 Å². The van der Waals surface area contributed by atoms with Gasteiger partial charge < -0.3 is 4.74 Å². The summed E-state index contributed by atoms with van der Waals surface area (Å²) in [5.74, 6) is 0. The van der Waals surface area contributed by atoms with Crippen molar-refractivity contribution in [3.63, 3.8) is 0 Å². The number of hydrogen-bond donors (Lipinski definition) is 1. The molecule has 23 heavy (non-hydrogen) atoms. The molecule has 0 atom stereocenters. The van der Waals surface area contributed by atoms with Gasteiger partial charge in [0.1, 0.15) is 4.24 Å². The van der Waals surface area contributed by atoms with E-state index in [1.54, 1.807) is 19.5 Å². The first-order chi connectivity index (χ1) is 11.0. The smallest absolute Gasteiger partial charge is 0.246 e. The maximum Gasteiger partial charge on any atom is 0.246 e. The van der Waals surface area contributed by atoms with Crippen LogP contribution < -0.4 is 4.72 Å². The van der Waals surface area contributed by atoms with Gasteiger partial charge in [-0.3, -0.25) is 4.98 Å². The molecule has 2 heterocycles. The third-order valence-electron chi connectivity index (χ3n) is 3.57. The molecule has 1 aliphatic heterocycles. The lowest BCUT2D eigenvalue weighted by molar-refractivity contribution is 0.204. The van der Waals surface area contributed by atoms with Crippen molar-refractivity contribution in [1.29, 1.82) is 0 Å². The quantitative estimate of drug-likeness (QED) is 0.795. The Morgan fingerprint density at radius 2 is 2.04 bits per heavy atom. The number of pyridine rings is 1. The standard InChI is InChI=1S/C16H22N2O3S2/c1-12-6-7-13(2)16(23(19,20)18-9-10-21-3)22-15(12)14-5-4-8-17-11-14/h4-5,8,11,18H,6-7,9-10H2,1-3H3. The summed E-state index contributed by atoms with van der Waals surface area (Å²) in [6.07, 6.45) is 5.07. The normalized spacial score (nSPS) is 16.7. The molecule has 1 N–H and O–H groups in total. The number of rotatable bonds is 6. The van der Waals surface area contributed by atoms with Crippen LogP contribution in [0.4, 0.5) is 0 Å². The van der Waals surface area contributed by atoms with Gasteiger partial charge in [-0.15, -0.1) is 0 Å². The summed E-state index contributed by atoms with van der Waals surface area (Å²) < 4.78 is 33.2. The second-order valence-corrected chi connectivity index (χ2v) is 8.39. The van der Waals surface area contributed by atoms with Crippen molar-refractivity contribution < 1.29 is 13.2 Å². The number of thioether (sulfide) groups is 1. The summed E-state index contributed by atoms with van der Waals surface area (Å²) in [7, 11) is -1.99. The average molecular weight is 354 g/mol. The number of nitrogens with zero attached hydrogens (tertiary/aromatic N) is 1. The topological polar surface area (TPSA) is 68.3 Å². The van der Waals surface area contributed by atoms with Crippen molar-refractivity contribution in [2.75, 3.05) is 20.3 Å². The van der Waals surface area contributed by atoms with E-state index in [1.807, 2.05) is 19.1 Å². The molecule has 2 rings (SSSR count). The lowest BCUT2D eigenvalue weighted by atomic mass is 10.1. The third-order valence-corrected chi connectivity index (χ3v) is 7.22. The average Bonchev–Trinajstić information content (AvgIpc) is 2.68. The first-order valence-corrected chi connectivity index (χ1v) is 9.72. The summed E-state index contributed by atoms with van der Waals surface area (Å²) in [5.41, 5.74) is 3.02. The predicted molar refractivity (Wildman–Crippen MR) is 95.2 cm³/mol. The van der Waals surface area contributed by atoms with Gasteiger partial charge >= 0.3 is 0 Å². The highest BCUT2D eigenvalue weighted by atomic mass is 32.3. The summed E-state index contributed by atoms with van der Waals surface area (Å²) in [6, 6.07) is 3.82. The third kappa shape index (κ3) is 4.67. The van der Waals surface area contributed by atoms with Gasteiger partial charge in [0.2, 0.25) is 10.0 Å². The number of sulfonamides is 1. The zero-order valence-corrected chi connectivity index (χ0v) is 15.3. The zero-order chi connectivity index (χ0) is 16.9. The predicted octanol–water partition coefficient (Wildman–Crippen LogP) is 3.14. The molecule has 0 bridgehead atoms. The van der Waals surface area contributed by atoms with Gasteiger partial charge in [-0.05, 0) is 38.3 Å². The molecule has 0 amide bonds. The van der Waals surface area contributed by atoms with Gasteiger partial charge in [0.25, 0.3) is 0 Å². The van der Waals surface area contributed by atoms with Gasteiger partial charge in [0.15, 0.2) is 0 Å². The van der Waals surface area contributed by atoms with Crippen LogP contribution in [0.25, 0.3) is 4.91 Å². The molecule has 0 saturated heterocycles. The Hall–Kier alpha value is -1.15. The van der Waals surface area contributed by atoms with E-state index in [1.165, 1.54) is 17.3 Å². The fourth-order valence-electron chi connectivity index (χ4n) is 2.29. The lowest BCUT2D eigenvalue weighted by Gasteiger charge is -2.14. The Morgan fingerprint density at radius 1 is 1.30 bits per heavy atom. The van der Waals surface area contributed by atoms with Crippen LogP contribution in [0.5, 0.6) is 0 Å². The maximum atomic E-state index is 12.6. The zero-order valence-electron chi connectivity index (χ0n) is 13.6. The van der Waals surface area contributed by atoms with Crippen molar-refractivity contribution in [2.45, 2.75) is 26.7 Å². The van der Waals surface area contributed by atoms with E-state index in [4.69, 9.17) is 4.74 Å². The van der Waals surface area contributed by atoms with Crippen LogP contribution in [0.2, 0.25) is 0 Å². The van der Waals surface area contributed by atoms with Crippen LogP contribution in [-0.4, -0.2) is 33.7 Å². The van der Waals surface area contributed by atoms with Gasteiger partial charge in [-0.2, -0.15) is 0 Å². The molecule has 5 nitrogen and oxygen atoms in total. The molecule has 0 aromatic carbocycles. The monoisotopic (exact) mass is 354 g/mol. The lowest BCUT2D eigenvalue weighted by Crippen LogP contribution is -2.28. The minimum absolute atomic E-state index is 0.265. The Morgan fingerprint density at radius 3 is 2.70 bits per heavy atom. The number of nitrogens with one attached hydrogen (secondary N) is 1. The second kappa shape index (κ2) is 8.10. The summed E-state index contributed by atoms with van der Waals surface area (Å²) in [5, 5.41) is 0. The minimum atomic E-state index is -3.53. The van der Waals surface area contributed by atoms with E-state index in [2.05, 4.69) is 16.6 Å². The summed E-state index contributed by atoms with van der Waals surface area (Å²) in [4.78, 5) is 5.12. The fraction of sp³-hybridized carbons (Fsp3) is 0.438. The van der Waals surface area contributed by atoms with Gasteiger partial charge in [0, 0.05) is 36.5 Å². The molecule has 126 valence electrons.